The third-order valence-electron chi connectivity index (χ3n) is 1.79. The van der Waals surface area contributed by atoms with Gasteiger partial charge in [0.1, 0.15) is 0 Å². The van der Waals surface area contributed by atoms with E-state index in [2.05, 4.69) is 6.58 Å². The first-order valence-corrected chi connectivity index (χ1v) is 3.90. The summed E-state index contributed by atoms with van der Waals surface area (Å²) in [5.41, 5.74) is -0.0770. The standard InChI is InChI=1S/C10H12O4.2Li/c1-6(11)9-7(12)4-5-8(13-2)10(9)14-3;;/h4-5,11-12H,1H2,2-3H3;;/q;2*+1/p-2. The molecule has 0 aliphatic rings. The summed E-state index contributed by atoms with van der Waals surface area (Å²) in [6, 6.07) is 2.70. The van der Waals surface area contributed by atoms with Gasteiger partial charge < -0.3 is 19.7 Å². The second kappa shape index (κ2) is 7.60. The fraction of sp³-hybridized carbons (Fsp3) is 0.200. The van der Waals surface area contributed by atoms with Crippen LogP contribution in [-0.4, -0.2) is 14.2 Å². The molecule has 0 atom stereocenters. The SMILES string of the molecule is C=C([O-])c1c([O-])ccc(OC)c1OC.[Li+].[Li+]. The molecule has 0 saturated carbocycles. The van der Waals surface area contributed by atoms with Crippen LogP contribution in [0.4, 0.5) is 0 Å². The Morgan fingerprint density at radius 1 is 1.19 bits per heavy atom. The first-order chi connectivity index (χ1) is 6.61. The van der Waals surface area contributed by atoms with Crippen molar-refractivity contribution in [3.8, 4) is 17.2 Å². The van der Waals surface area contributed by atoms with E-state index in [1.54, 1.807) is 0 Å². The van der Waals surface area contributed by atoms with E-state index in [1.807, 2.05) is 0 Å². The van der Waals surface area contributed by atoms with Crippen molar-refractivity contribution >= 4 is 5.76 Å². The number of hydrogen-bond donors (Lipinski definition) is 0. The van der Waals surface area contributed by atoms with Crippen LogP contribution in [0.25, 0.3) is 5.76 Å². The molecule has 0 unspecified atom stereocenters. The normalized spacial score (nSPS) is 8.38. The second-order valence-electron chi connectivity index (χ2n) is 2.60. The molecule has 0 fully saturated rings. The van der Waals surface area contributed by atoms with Crippen LogP contribution in [0.3, 0.4) is 0 Å². The van der Waals surface area contributed by atoms with Gasteiger partial charge in [-0.2, -0.15) is 0 Å². The van der Waals surface area contributed by atoms with Crippen LogP contribution in [0.5, 0.6) is 17.2 Å². The predicted molar refractivity (Wildman–Crippen MR) is 48.0 cm³/mol. The van der Waals surface area contributed by atoms with Gasteiger partial charge in [0.15, 0.2) is 11.5 Å². The Kier molecular flexibility index (Phi) is 8.43. The third kappa shape index (κ3) is 3.44. The molecule has 1 aromatic carbocycles. The van der Waals surface area contributed by atoms with Gasteiger partial charge in [0, 0.05) is 5.56 Å². The zero-order valence-electron chi connectivity index (χ0n) is 9.99. The van der Waals surface area contributed by atoms with Crippen LogP contribution >= 0.6 is 0 Å². The number of rotatable bonds is 3. The maximum absolute atomic E-state index is 11.3. The van der Waals surface area contributed by atoms with Gasteiger partial charge >= 0.3 is 37.7 Å². The fourth-order valence-electron chi connectivity index (χ4n) is 1.17. The Bertz CT molecular complexity index is 366. The van der Waals surface area contributed by atoms with Crippen molar-refractivity contribution in [3.05, 3.63) is 24.3 Å². The van der Waals surface area contributed by atoms with Crippen LogP contribution in [0, 0.1) is 0 Å². The Labute approximate surface area is 119 Å². The molecule has 0 heterocycles. The first-order valence-electron chi connectivity index (χ1n) is 3.90. The topological polar surface area (TPSA) is 64.6 Å². The van der Waals surface area contributed by atoms with E-state index in [9.17, 15) is 10.2 Å². The van der Waals surface area contributed by atoms with E-state index in [1.165, 1.54) is 26.4 Å². The maximum Gasteiger partial charge on any atom is 1.00 e. The van der Waals surface area contributed by atoms with Gasteiger partial charge in [-0.15, -0.1) is 12.3 Å². The molecule has 0 spiro atoms. The second-order valence-corrected chi connectivity index (χ2v) is 2.60. The van der Waals surface area contributed by atoms with E-state index in [-0.39, 0.29) is 49.0 Å². The summed E-state index contributed by atoms with van der Waals surface area (Å²) in [6.07, 6.45) is 0. The van der Waals surface area contributed by atoms with Gasteiger partial charge in [-0.05, 0) is 6.07 Å². The van der Waals surface area contributed by atoms with Crippen molar-refractivity contribution in [1.29, 1.82) is 0 Å². The molecule has 76 valence electrons. The van der Waals surface area contributed by atoms with Crippen molar-refractivity contribution in [2.45, 2.75) is 0 Å². The third-order valence-corrected chi connectivity index (χ3v) is 1.79. The fourth-order valence-corrected chi connectivity index (χ4v) is 1.17. The molecule has 4 nitrogen and oxygen atoms in total. The zero-order valence-corrected chi connectivity index (χ0v) is 9.99. The molecule has 0 saturated heterocycles. The molecule has 0 aliphatic carbocycles. The number of methoxy groups -OCH3 is 2. The van der Waals surface area contributed by atoms with Crippen LogP contribution in [0.15, 0.2) is 18.7 Å². The van der Waals surface area contributed by atoms with Crippen LogP contribution in [-0.2, 0) is 0 Å². The first kappa shape index (κ1) is 17.7. The summed E-state index contributed by atoms with van der Waals surface area (Å²) in [5.74, 6) is -0.507. The van der Waals surface area contributed by atoms with E-state index < -0.39 is 11.5 Å². The Morgan fingerprint density at radius 2 is 1.75 bits per heavy atom. The zero-order chi connectivity index (χ0) is 10.7. The minimum atomic E-state index is -0.578. The Balaban J connectivity index is 0. The van der Waals surface area contributed by atoms with Crippen LogP contribution in [0.2, 0.25) is 0 Å². The van der Waals surface area contributed by atoms with Gasteiger partial charge in [-0.1, -0.05) is 11.8 Å². The van der Waals surface area contributed by atoms with Gasteiger partial charge in [0.05, 0.1) is 14.2 Å². The van der Waals surface area contributed by atoms with Crippen molar-refractivity contribution in [2.24, 2.45) is 0 Å². The van der Waals surface area contributed by atoms with Crippen molar-refractivity contribution < 1.29 is 57.4 Å². The summed E-state index contributed by atoms with van der Waals surface area (Å²) in [4.78, 5) is 0. The predicted octanol–water partition coefficient (Wildman–Crippen LogP) is -5.88. The van der Waals surface area contributed by atoms with Gasteiger partial charge in [-0.25, -0.2) is 0 Å². The van der Waals surface area contributed by atoms with Gasteiger partial charge in [0.25, 0.3) is 0 Å². The van der Waals surface area contributed by atoms with Crippen molar-refractivity contribution in [3.63, 3.8) is 0 Å². The maximum atomic E-state index is 11.3. The quantitative estimate of drug-likeness (QED) is 0.366. The summed E-state index contributed by atoms with van der Waals surface area (Å²) in [6.45, 7) is 3.18. The van der Waals surface area contributed by atoms with Gasteiger partial charge in [-0.3, -0.25) is 0 Å². The molecule has 0 bridgehead atoms. The average molecular weight is 208 g/mol. The molecule has 16 heavy (non-hydrogen) atoms. The monoisotopic (exact) mass is 208 g/mol. The number of ether oxygens (including phenoxy) is 2. The molecule has 1 rings (SSSR count). The smallest absolute Gasteiger partial charge is 0.872 e. The molecule has 0 aromatic heterocycles. The average Bonchev–Trinajstić information content (AvgIpc) is 2.16. The van der Waals surface area contributed by atoms with E-state index in [0.717, 1.165) is 0 Å². The van der Waals surface area contributed by atoms with Crippen LogP contribution < -0.4 is 57.4 Å². The number of hydrogen-bond acceptors (Lipinski definition) is 4. The van der Waals surface area contributed by atoms with Crippen molar-refractivity contribution in [2.75, 3.05) is 14.2 Å². The molecule has 0 N–H and O–H groups in total. The molecule has 1 aromatic rings. The summed E-state index contributed by atoms with van der Waals surface area (Å²) in [5, 5.41) is 22.4. The molecule has 0 amide bonds. The summed E-state index contributed by atoms with van der Waals surface area (Å²) >= 11 is 0. The summed E-state index contributed by atoms with van der Waals surface area (Å²) < 4.78 is 9.86. The molecular formula is C10H10Li2O4. The summed E-state index contributed by atoms with van der Waals surface area (Å²) in [7, 11) is 2.80. The minimum Gasteiger partial charge on any atom is -0.872 e. The van der Waals surface area contributed by atoms with Gasteiger partial charge in [0.2, 0.25) is 0 Å². The molecule has 0 radical (unpaired) electrons. The molecule has 0 aliphatic heterocycles. The Hall–Kier alpha value is -0.645. The van der Waals surface area contributed by atoms with Crippen LogP contribution in [0.1, 0.15) is 5.56 Å². The molecular weight excluding hydrogens is 198 g/mol. The van der Waals surface area contributed by atoms with Crippen molar-refractivity contribution in [1.82, 2.24) is 0 Å². The van der Waals surface area contributed by atoms with E-state index in [4.69, 9.17) is 9.47 Å². The Morgan fingerprint density at radius 3 is 2.12 bits per heavy atom. The van der Waals surface area contributed by atoms with E-state index >= 15 is 0 Å². The minimum absolute atomic E-state index is 0. The largest absolute Gasteiger partial charge is 1.00 e. The molecule has 6 heteroatoms. The number of benzene rings is 1. The van der Waals surface area contributed by atoms with E-state index in [0.29, 0.717) is 5.75 Å².